The van der Waals surface area contributed by atoms with Gasteiger partial charge >= 0.3 is 0 Å². The van der Waals surface area contributed by atoms with Crippen molar-refractivity contribution >= 4 is 33.2 Å². The fraction of sp³-hybridized carbons (Fsp3) is 0.417. The molecule has 0 radical (unpaired) electrons. The van der Waals surface area contributed by atoms with Crippen LogP contribution >= 0.6 is 15.9 Å². The van der Waals surface area contributed by atoms with Crippen LogP contribution in [0.5, 0.6) is 0 Å². The van der Waals surface area contributed by atoms with E-state index in [4.69, 9.17) is 5.73 Å². The van der Waals surface area contributed by atoms with Crippen LogP contribution in [0.2, 0.25) is 0 Å². The van der Waals surface area contributed by atoms with Crippen molar-refractivity contribution in [2.75, 3.05) is 31.3 Å². The van der Waals surface area contributed by atoms with Crippen molar-refractivity contribution in [3.05, 3.63) is 22.7 Å². The summed E-state index contributed by atoms with van der Waals surface area (Å²) in [5.74, 6) is -0.0159. The van der Waals surface area contributed by atoms with Gasteiger partial charge in [-0.1, -0.05) is 6.92 Å². The number of carbonyl (C=O) groups excluding carboxylic acids is 1. The van der Waals surface area contributed by atoms with Gasteiger partial charge in [-0.25, -0.2) is 0 Å². The average Bonchev–Trinajstić information content (AvgIpc) is 2.27. The van der Waals surface area contributed by atoms with Crippen LogP contribution in [-0.4, -0.2) is 26.5 Å². The zero-order valence-electron chi connectivity index (χ0n) is 10.3. The number of amides is 1. The zero-order chi connectivity index (χ0) is 13.0. The van der Waals surface area contributed by atoms with Gasteiger partial charge in [0.25, 0.3) is 0 Å². The Bertz CT molecular complexity index is 409. The summed E-state index contributed by atoms with van der Waals surface area (Å²) >= 11 is 3.47. The number of nitrogens with two attached hydrogens (primary N) is 1. The molecule has 0 fully saturated rings. The number of benzene rings is 1. The van der Waals surface area contributed by atoms with E-state index < -0.39 is 0 Å². The number of nitrogens with one attached hydrogen (secondary N) is 1. The number of nitrogen functional groups attached to an aromatic ring is 1. The molecule has 0 bridgehead atoms. The van der Waals surface area contributed by atoms with Crippen LogP contribution in [0.15, 0.2) is 22.7 Å². The summed E-state index contributed by atoms with van der Waals surface area (Å²) in [6.45, 7) is 2.56. The van der Waals surface area contributed by atoms with E-state index >= 15 is 0 Å². The van der Waals surface area contributed by atoms with Gasteiger partial charge in [0.05, 0.1) is 11.6 Å². The second-order valence-electron chi connectivity index (χ2n) is 4.11. The summed E-state index contributed by atoms with van der Waals surface area (Å²) in [5, 5.41) is 2.65. The molecule has 0 saturated carbocycles. The first kappa shape index (κ1) is 13.8. The third kappa shape index (κ3) is 3.63. The zero-order valence-corrected chi connectivity index (χ0v) is 11.9. The summed E-state index contributed by atoms with van der Waals surface area (Å²) in [5.41, 5.74) is 7.43. The van der Waals surface area contributed by atoms with E-state index in [1.165, 1.54) is 0 Å². The highest BCUT2D eigenvalue weighted by Gasteiger charge is 2.15. The van der Waals surface area contributed by atoms with Gasteiger partial charge in [-0.05, 0) is 34.1 Å². The average molecular weight is 300 g/mol. The Morgan fingerprint density at radius 1 is 1.59 bits per heavy atom. The maximum absolute atomic E-state index is 11.4. The lowest BCUT2D eigenvalue weighted by Crippen LogP contribution is -2.34. The molecule has 0 aliphatic carbocycles. The number of anilines is 2. The van der Waals surface area contributed by atoms with Crippen molar-refractivity contribution in [1.82, 2.24) is 5.32 Å². The Kier molecular flexibility index (Phi) is 4.81. The quantitative estimate of drug-likeness (QED) is 0.834. The summed E-state index contributed by atoms with van der Waals surface area (Å²) in [7, 11) is 3.60. The van der Waals surface area contributed by atoms with Crippen LogP contribution in [0.25, 0.3) is 0 Å². The molecule has 0 saturated heterocycles. The lowest BCUT2D eigenvalue weighted by molar-refractivity contribution is -0.123. The van der Waals surface area contributed by atoms with E-state index in [0.717, 1.165) is 10.2 Å². The van der Waals surface area contributed by atoms with Crippen LogP contribution in [0.3, 0.4) is 0 Å². The lowest BCUT2D eigenvalue weighted by atomic mass is 10.1. The molecule has 1 atom stereocenters. The van der Waals surface area contributed by atoms with Gasteiger partial charge in [0.15, 0.2) is 0 Å². The Hall–Kier alpha value is -1.23. The molecule has 1 aromatic rings. The number of nitrogens with zero attached hydrogens (tertiary/aromatic N) is 1. The molecule has 0 heterocycles. The largest absolute Gasteiger partial charge is 0.399 e. The second-order valence-corrected chi connectivity index (χ2v) is 4.96. The second kappa shape index (κ2) is 5.91. The molecule has 0 spiro atoms. The third-order valence-electron chi connectivity index (χ3n) is 2.62. The van der Waals surface area contributed by atoms with Crippen molar-refractivity contribution < 1.29 is 4.79 Å². The van der Waals surface area contributed by atoms with Crippen molar-refractivity contribution in [3.8, 4) is 0 Å². The molecule has 5 heteroatoms. The highest BCUT2D eigenvalue weighted by atomic mass is 79.9. The van der Waals surface area contributed by atoms with Gasteiger partial charge in [-0.15, -0.1) is 0 Å². The molecule has 3 N–H and O–H groups in total. The monoisotopic (exact) mass is 299 g/mol. The number of hydrogen-bond acceptors (Lipinski definition) is 3. The number of carbonyl (C=O) groups is 1. The Morgan fingerprint density at radius 3 is 2.76 bits per heavy atom. The lowest BCUT2D eigenvalue weighted by Gasteiger charge is -2.24. The van der Waals surface area contributed by atoms with E-state index in [9.17, 15) is 4.79 Å². The third-order valence-corrected chi connectivity index (χ3v) is 3.26. The maximum Gasteiger partial charge on any atom is 0.224 e. The van der Waals surface area contributed by atoms with Gasteiger partial charge in [0.2, 0.25) is 5.91 Å². The number of hydrogen-bond donors (Lipinski definition) is 2. The first-order chi connectivity index (χ1) is 7.95. The van der Waals surface area contributed by atoms with E-state index in [1.54, 1.807) is 7.05 Å². The van der Waals surface area contributed by atoms with Crippen LogP contribution in [0, 0.1) is 5.92 Å². The predicted molar refractivity (Wildman–Crippen MR) is 75.1 cm³/mol. The molecule has 1 unspecified atom stereocenters. The normalized spacial score (nSPS) is 12.0. The summed E-state index contributed by atoms with van der Waals surface area (Å²) in [6, 6.07) is 5.65. The Labute approximate surface area is 110 Å². The minimum Gasteiger partial charge on any atom is -0.399 e. The summed E-state index contributed by atoms with van der Waals surface area (Å²) in [6.07, 6.45) is 0. The number of rotatable bonds is 4. The van der Waals surface area contributed by atoms with Crippen LogP contribution in [0.4, 0.5) is 11.4 Å². The van der Waals surface area contributed by atoms with Gasteiger partial charge in [0.1, 0.15) is 0 Å². The van der Waals surface area contributed by atoms with Crippen molar-refractivity contribution in [3.63, 3.8) is 0 Å². The Balaban J connectivity index is 2.76. The molecule has 1 aromatic carbocycles. The number of halogens is 1. The molecule has 94 valence electrons. The highest BCUT2D eigenvalue weighted by Crippen LogP contribution is 2.27. The predicted octanol–water partition coefficient (Wildman–Crippen LogP) is 1.85. The molecule has 0 aliphatic heterocycles. The topological polar surface area (TPSA) is 58.4 Å². The van der Waals surface area contributed by atoms with Gasteiger partial charge in [-0.2, -0.15) is 0 Å². The van der Waals surface area contributed by atoms with Crippen LogP contribution in [-0.2, 0) is 4.79 Å². The molecule has 1 rings (SSSR count). The summed E-state index contributed by atoms with van der Waals surface area (Å²) < 4.78 is 0.934. The molecule has 4 nitrogen and oxygen atoms in total. The summed E-state index contributed by atoms with van der Waals surface area (Å²) in [4.78, 5) is 13.5. The van der Waals surface area contributed by atoms with Crippen molar-refractivity contribution in [2.45, 2.75) is 6.92 Å². The van der Waals surface area contributed by atoms with Gasteiger partial charge in [0, 0.05) is 30.8 Å². The minimum absolute atomic E-state index is 0.0448. The first-order valence-corrected chi connectivity index (χ1v) is 6.22. The van der Waals surface area contributed by atoms with E-state index in [0.29, 0.717) is 12.2 Å². The molecular weight excluding hydrogens is 282 g/mol. The molecule has 0 aliphatic rings. The first-order valence-electron chi connectivity index (χ1n) is 5.43. The highest BCUT2D eigenvalue weighted by molar-refractivity contribution is 9.10. The van der Waals surface area contributed by atoms with E-state index in [-0.39, 0.29) is 11.8 Å². The van der Waals surface area contributed by atoms with Gasteiger partial charge < -0.3 is 16.0 Å². The van der Waals surface area contributed by atoms with Crippen LogP contribution in [0.1, 0.15) is 6.92 Å². The smallest absolute Gasteiger partial charge is 0.224 e. The maximum atomic E-state index is 11.4. The molecule has 1 amide bonds. The van der Waals surface area contributed by atoms with Crippen molar-refractivity contribution in [1.29, 1.82) is 0 Å². The molecule has 0 aromatic heterocycles. The van der Waals surface area contributed by atoms with E-state index in [1.807, 2.05) is 37.1 Å². The van der Waals surface area contributed by atoms with Gasteiger partial charge in [-0.3, -0.25) is 4.79 Å². The fourth-order valence-corrected chi connectivity index (χ4v) is 2.37. The fourth-order valence-electron chi connectivity index (χ4n) is 1.67. The standard InChI is InChI=1S/C12H18BrN3O/c1-8(12(17)15-2)7-16(3)11-5-4-9(14)6-10(11)13/h4-6,8H,7,14H2,1-3H3,(H,15,17). The minimum atomic E-state index is -0.0607. The molecule has 17 heavy (non-hydrogen) atoms. The van der Waals surface area contributed by atoms with Crippen molar-refractivity contribution in [2.24, 2.45) is 5.92 Å². The van der Waals surface area contributed by atoms with Crippen LogP contribution < -0.4 is 16.0 Å². The SMILES string of the molecule is CNC(=O)C(C)CN(C)c1ccc(N)cc1Br. The Morgan fingerprint density at radius 2 is 2.24 bits per heavy atom. The molecular formula is C12H18BrN3O. The van der Waals surface area contributed by atoms with E-state index in [2.05, 4.69) is 21.2 Å².